The summed E-state index contributed by atoms with van der Waals surface area (Å²) in [5.74, 6) is 1.70. The van der Waals surface area contributed by atoms with E-state index in [1.54, 1.807) is 0 Å². The normalized spacial score (nSPS) is 17.5. The lowest BCUT2D eigenvalue weighted by Gasteiger charge is -2.27. The summed E-state index contributed by atoms with van der Waals surface area (Å²) in [6, 6.07) is 6.40. The average Bonchev–Trinajstić information content (AvgIpc) is 3.11. The Balaban J connectivity index is 1.76. The molecule has 1 aliphatic heterocycles. The first kappa shape index (κ1) is 25.7. The van der Waals surface area contributed by atoms with Gasteiger partial charge in [0, 0.05) is 35.0 Å². The molecule has 6 heteroatoms. The van der Waals surface area contributed by atoms with Crippen molar-refractivity contribution in [2.24, 2.45) is 11.8 Å². The van der Waals surface area contributed by atoms with Gasteiger partial charge in [0.2, 0.25) is 5.88 Å². The maximum atomic E-state index is 13.2. The molecule has 1 saturated heterocycles. The second-order valence-electron chi connectivity index (χ2n) is 11.9. The molecule has 1 aliphatic carbocycles. The topological polar surface area (TPSA) is 65.4 Å². The molecular formula is C29H43N3O3. The summed E-state index contributed by atoms with van der Waals surface area (Å²) in [6.07, 6.45) is 6.44. The SMILES string of the molecule is Cc1c(C(=O)NC2COC2)cc(-c2cc(OCC(C)C)nc(C(C)(C)C)c2)n1CC1CCCCC1. The minimum Gasteiger partial charge on any atom is -0.477 e. The molecule has 0 atom stereocenters. The Bertz CT molecular complexity index is 1020. The molecule has 2 fully saturated rings. The number of rotatable bonds is 8. The van der Waals surface area contributed by atoms with E-state index < -0.39 is 0 Å². The summed E-state index contributed by atoms with van der Waals surface area (Å²) in [7, 11) is 0. The average molecular weight is 482 g/mol. The zero-order chi connectivity index (χ0) is 25.2. The molecule has 0 radical (unpaired) electrons. The van der Waals surface area contributed by atoms with Crippen LogP contribution in [0.5, 0.6) is 5.88 Å². The van der Waals surface area contributed by atoms with Crippen LogP contribution < -0.4 is 10.1 Å². The van der Waals surface area contributed by atoms with Gasteiger partial charge in [0.05, 0.1) is 37.1 Å². The molecule has 2 aromatic rings. The van der Waals surface area contributed by atoms with E-state index in [2.05, 4.69) is 63.6 Å². The summed E-state index contributed by atoms with van der Waals surface area (Å²) in [6.45, 7) is 15.7. The van der Waals surface area contributed by atoms with Gasteiger partial charge in [-0.25, -0.2) is 4.98 Å². The number of nitrogens with zero attached hydrogens (tertiary/aromatic N) is 2. The molecule has 0 unspecified atom stereocenters. The van der Waals surface area contributed by atoms with Crippen molar-refractivity contribution < 1.29 is 14.3 Å². The third-order valence-corrected chi connectivity index (χ3v) is 7.18. The minimum absolute atomic E-state index is 0.0131. The lowest BCUT2D eigenvalue weighted by atomic mass is 9.89. The third-order valence-electron chi connectivity index (χ3n) is 7.18. The molecular weight excluding hydrogens is 438 g/mol. The number of carbonyl (C=O) groups excluding carboxylic acids is 1. The molecule has 4 rings (SSSR count). The number of nitrogens with one attached hydrogen (secondary N) is 1. The van der Waals surface area contributed by atoms with Crippen LogP contribution in [0.25, 0.3) is 11.3 Å². The van der Waals surface area contributed by atoms with Crippen LogP contribution in [0.15, 0.2) is 18.2 Å². The Kier molecular flexibility index (Phi) is 7.89. The van der Waals surface area contributed by atoms with Gasteiger partial charge in [0.15, 0.2) is 0 Å². The molecule has 1 N–H and O–H groups in total. The monoisotopic (exact) mass is 481 g/mol. The molecule has 0 aromatic carbocycles. The van der Waals surface area contributed by atoms with Gasteiger partial charge in [-0.1, -0.05) is 53.9 Å². The number of hydrogen-bond acceptors (Lipinski definition) is 4. The summed E-state index contributed by atoms with van der Waals surface area (Å²) in [5, 5.41) is 3.13. The number of carbonyl (C=O) groups is 1. The van der Waals surface area contributed by atoms with Crippen LogP contribution in [0.2, 0.25) is 0 Å². The van der Waals surface area contributed by atoms with E-state index in [0.717, 1.165) is 34.8 Å². The first-order valence-electron chi connectivity index (χ1n) is 13.4. The van der Waals surface area contributed by atoms with Crippen molar-refractivity contribution >= 4 is 5.91 Å². The molecule has 1 amide bonds. The molecule has 192 valence electrons. The van der Waals surface area contributed by atoms with Crippen molar-refractivity contribution in [3.05, 3.63) is 35.2 Å². The Morgan fingerprint density at radius 2 is 1.89 bits per heavy atom. The molecule has 1 saturated carbocycles. The van der Waals surface area contributed by atoms with Gasteiger partial charge in [-0.05, 0) is 43.7 Å². The first-order chi connectivity index (χ1) is 16.6. The van der Waals surface area contributed by atoms with Crippen molar-refractivity contribution in [3.8, 4) is 17.1 Å². The Morgan fingerprint density at radius 3 is 2.49 bits per heavy atom. The zero-order valence-corrected chi connectivity index (χ0v) is 22.4. The first-order valence-corrected chi connectivity index (χ1v) is 13.4. The van der Waals surface area contributed by atoms with E-state index >= 15 is 0 Å². The van der Waals surface area contributed by atoms with Crippen molar-refractivity contribution in [1.82, 2.24) is 14.9 Å². The lowest BCUT2D eigenvalue weighted by molar-refractivity contribution is -0.00347. The molecule has 0 bridgehead atoms. The van der Waals surface area contributed by atoms with Crippen molar-refractivity contribution in [3.63, 3.8) is 0 Å². The van der Waals surface area contributed by atoms with Gasteiger partial charge in [-0.3, -0.25) is 4.79 Å². The van der Waals surface area contributed by atoms with Gasteiger partial charge in [0.25, 0.3) is 5.91 Å². The van der Waals surface area contributed by atoms with Crippen LogP contribution in [-0.2, 0) is 16.7 Å². The molecule has 6 nitrogen and oxygen atoms in total. The van der Waals surface area contributed by atoms with E-state index in [4.69, 9.17) is 14.5 Å². The van der Waals surface area contributed by atoms with Gasteiger partial charge in [-0.15, -0.1) is 0 Å². The fraction of sp³-hybridized carbons (Fsp3) is 0.655. The number of pyridine rings is 1. The highest BCUT2D eigenvalue weighted by Gasteiger charge is 2.27. The predicted molar refractivity (Wildman–Crippen MR) is 140 cm³/mol. The van der Waals surface area contributed by atoms with Crippen molar-refractivity contribution in [1.29, 1.82) is 0 Å². The van der Waals surface area contributed by atoms with Crippen LogP contribution in [0.4, 0.5) is 0 Å². The second kappa shape index (κ2) is 10.7. The fourth-order valence-corrected chi connectivity index (χ4v) is 4.92. The maximum absolute atomic E-state index is 13.2. The molecule has 2 aromatic heterocycles. The van der Waals surface area contributed by atoms with Gasteiger partial charge in [-0.2, -0.15) is 0 Å². The predicted octanol–water partition coefficient (Wildman–Crippen LogP) is 5.90. The smallest absolute Gasteiger partial charge is 0.253 e. The Hall–Kier alpha value is -2.34. The standard InChI is InChI=1S/C29H43N3O3/c1-19(2)16-35-27-13-22(12-26(31-27)29(4,5)6)25-14-24(28(33)30-23-17-34-18-23)20(3)32(25)15-21-10-8-7-9-11-21/h12-14,19,21,23H,7-11,15-18H2,1-6H3,(H,30,33). The third kappa shape index (κ3) is 6.27. The van der Waals surface area contributed by atoms with Gasteiger partial charge in [0.1, 0.15) is 0 Å². The van der Waals surface area contributed by atoms with Gasteiger partial charge >= 0.3 is 0 Å². The van der Waals surface area contributed by atoms with Crippen LogP contribution >= 0.6 is 0 Å². The minimum atomic E-state index is -0.119. The van der Waals surface area contributed by atoms with Crippen molar-refractivity contribution in [2.45, 2.75) is 91.6 Å². The Labute approximate surface area is 210 Å². The number of amides is 1. The summed E-state index contributed by atoms with van der Waals surface area (Å²) >= 11 is 0. The molecule has 2 aliphatic rings. The van der Waals surface area contributed by atoms with Crippen LogP contribution in [0, 0.1) is 18.8 Å². The molecule has 3 heterocycles. The summed E-state index contributed by atoms with van der Waals surface area (Å²) in [4.78, 5) is 18.1. The van der Waals surface area contributed by atoms with E-state index in [1.165, 1.54) is 32.1 Å². The number of hydrogen-bond donors (Lipinski definition) is 1. The summed E-state index contributed by atoms with van der Waals surface area (Å²) < 4.78 is 13.7. The van der Waals surface area contributed by atoms with E-state index in [-0.39, 0.29) is 17.4 Å². The highest BCUT2D eigenvalue weighted by molar-refractivity contribution is 5.97. The zero-order valence-electron chi connectivity index (χ0n) is 22.4. The van der Waals surface area contributed by atoms with E-state index in [1.807, 2.05) is 6.07 Å². The van der Waals surface area contributed by atoms with Crippen LogP contribution in [0.3, 0.4) is 0 Å². The quantitative estimate of drug-likeness (QED) is 0.510. The Morgan fingerprint density at radius 1 is 1.17 bits per heavy atom. The maximum Gasteiger partial charge on any atom is 0.253 e. The highest BCUT2D eigenvalue weighted by atomic mass is 16.5. The summed E-state index contributed by atoms with van der Waals surface area (Å²) in [5.41, 5.74) is 4.80. The largest absolute Gasteiger partial charge is 0.477 e. The molecule has 35 heavy (non-hydrogen) atoms. The second-order valence-corrected chi connectivity index (χ2v) is 11.9. The number of ether oxygens (including phenoxy) is 2. The van der Waals surface area contributed by atoms with Crippen molar-refractivity contribution in [2.75, 3.05) is 19.8 Å². The van der Waals surface area contributed by atoms with E-state index in [9.17, 15) is 4.79 Å². The molecule has 0 spiro atoms. The van der Waals surface area contributed by atoms with Crippen LogP contribution in [0.1, 0.15) is 88.5 Å². The lowest BCUT2D eigenvalue weighted by Crippen LogP contribution is -2.48. The fourth-order valence-electron chi connectivity index (χ4n) is 4.92. The van der Waals surface area contributed by atoms with Gasteiger partial charge < -0.3 is 19.4 Å². The van der Waals surface area contributed by atoms with Crippen LogP contribution in [-0.4, -0.2) is 41.3 Å². The van der Waals surface area contributed by atoms with E-state index in [0.29, 0.717) is 37.5 Å². The number of aromatic nitrogens is 2. The highest BCUT2D eigenvalue weighted by Crippen LogP contribution is 2.34.